The van der Waals surface area contributed by atoms with Crippen LogP contribution in [0, 0.1) is 0 Å². The van der Waals surface area contributed by atoms with E-state index < -0.39 is 5.97 Å². The van der Waals surface area contributed by atoms with Gasteiger partial charge in [-0.3, -0.25) is 19.7 Å². The molecule has 178 valence electrons. The van der Waals surface area contributed by atoms with E-state index in [2.05, 4.69) is 27.0 Å². The third-order valence-electron chi connectivity index (χ3n) is 5.69. The zero-order valence-corrected chi connectivity index (χ0v) is 19.6. The van der Waals surface area contributed by atoms with E-state index >= 15 is 0 Å². The van der Waals surface area contributed by atoms with Gasteiger partial charge in [0.25, 0.3) is 0 Å². The fraction of sp³-hybridized carbons (Fsp3) is 0.222. The van der Waals surface area contributed by atoms with Crippen LogP contribution in [0.25, 0.3) is 0 Å². The average molecular weight is 499 g/mol. The molecule has 1 N–H and O–H groups in total. The predicted octanol–water partition coefficient (Wildman–Crippen LogP) is 3.66. The summed E-state index contributed by atoms with van der Waals surface area (Å²) in [6.45, 7) is 1.21. The van der Waals surface area contributed by atoms with Gasteiger partial charge in [0.1, 0.15) is 6.54 Å². The molecule has 7 heteroatoms. The number of carboxylic acids is 1. The molecule has 1 atom stereocenters. The molecule has 4 rings (SSSR count). The molecule has 0 saturated carbocycles. The van der Waals surface area contributed by atoms with Crippen molar-refractivity contribution >= 4 is 23.3 Å². The molecule has 0 aromatic heterocycles. The zero-order chi connectivity index (χ0) is 23.0. The van der Waals surface area contributed by atoms with E-state index in [0.717, 1.165) is 24.9 Å². The summed E-state index contributed by atoms with van der Waals surface area (Å²) in [6, 6.07) is 26.5. The minimum absolute atomic E-state index is 0. The van der Waals surface area contributed by atoms with Gasteiger partial charge in [0.15, 0.2) is 0 Å². The molecule has 0 unspecified atom stereocenters. The van der Waals surface area contributed by atoms with Gasteiger partial charge >= 0.3 is 5.97 Å². The van der Waals surface area contributed by atoms with Crippen molar-refractivity contribution in [1.82, 2.24) is 4.90 Å². The standard InChI is InChI=1S/C27H27N3O3.Ni/c31-25(32)18-28-26(21-12-5-2-6-13-21)22-14-7-8-15-23(22)29-27(33)24-16-9-17-30(24)19-20-10-3-1-4-11-20;/h1-8,10-15,24H,9,16-19H2,(H,29,33)(H,31,32);/p-1/t24-;/m0./s1. The number of para-hydroxylation sites is 1. The second kappa shape index (κ2) is 12.3. The second-order valence-electron chi connectivity index (χ2n) is 8.01. The Morgan fingerprint density at radius 3 is 2.32 bits per heavy atom. The number of carbonyl (C=O) groups is 1. The summed E-state index contributed by atoms with van der Waals surface area (Å²) in [4.78, 5) is 22.2. The average Bonchev–Trinajstić information content (AvgIpc) is 3.29. The molecular formula is C27H26N3NiO3-. The second-order valence-corrected chi connectivity index (χ2v) is 8.01. The number of aliphatic imine (C=N–C) groups is 2. The first-order chi connectivity index (χ1) is 16.1. The van der Waals surface area contributed by atoms with E-state index in [1.54, 1.807) is 6.07 Å². The van der Waals surface area contributed by atoms with Crippen LogP contribution in [0.15, 0.2) is 94.9 Å². The molecule has 6 nitrogen and oxygen atoms in total. The predicted molar refractivity (Wildman–Crippen MR) is 128 cm³/mol. The van der Waals surface area contributed by atoms with Crippen molar-refractivity contribution in [3.63, 3.8) is 0 Å². The molecule has 0 bridgehead atoms. The molecule has 1 saturated heterocycles. The summed E-state index contributed by atoms with van der Waals surface area (Å²) in [5, 5.41) is 22.4. The third-order valence-corrected chi connectivity index (χ3v) is 5.69. The Morgan fingerprint density at radius 1 is 0.971 bits per heavy atom. The third kappa shape index (κ3) is 6.40. The molecule has 3 aromatic carbocycles. The van der Waals surface area contributed by atoms with E-state index in [0.29, 0.717) is 23.5 Å². The number of nitrogens with zero attached hydrogens (tertiary/aromatic N) is 3. The van der Waals surface area contributed by atoms with Crippen molar-refractivity contribution in [2.24, 2.45) is 9.98 Å². The Morgan fingerprint density at radius 2 is 1.62 bits per heavy atom. The summed E-state index contributed by atoms with van der Waals surface area (Å²) < 4.78 is 0. The Kier molecular flexibility index (Phi) is 9.14. The van der Waals surface area contributed by atoms with Gasteiger partial charge in [-0.2, -0.15) is 0 Å². The zero-order valence-electron chi connectivity index (χ0n) is 18.6. The van der Waals surface area contributed by atoms with Crippen LogP contribution in [0.2, 0.25) is 0 Å². The van der Waals surface area contributed by atoms with Gasteiger partial charge in [-0.25, -0.2) is 0 Å². The van der Waals surface area contributed by atoms with Crippen LogP contribution in [0.3, 0.4) is 0 Å². The summed E-state index contributed by atoms with van der Waals surface area (Å²) in [5.41, 5.74) is 3.61. The van der Waals surface area contributed by atoms with Crippen molar-refractivity contribution in [3.8, 4) is 0 Å². The Bertz CT molecular complexity index is 1150. The van der Waals surface area contributed by atoms with Gasteiger partial charge < -0.3 is 10.2 Å². The van der Waals surface area contributed by atoms with Crippen molar-refractivity contribution in [2.45, 2.75) is 25.4 Å². The minimum Gasteiger partial charge on any atom is -0.861 e. The van der Waals surface area contributed by atoms with Gasteiger partial charge in [0, 0.05) is 40.2 Å². The molecule has 0 spiro atoms. The smallest absolute Gasteiger partial charge is 0.325 e. The number of hydrogen-bond donors (Lipinski definition) is 1. The molecule has 0 radical (unpaired) electrons. The summed E-state index contributed by atoms with van der Waals surface area (Å²) in [7, 11) is 0. The van der Waals surface area contributed by atoms with Gasteiger partial charge in [0.05, 0.1) is 11.4 Å². The molecule has 0 amide bonds. The Hall–Kier alpha value is -3.28. The largest absolute Gasteiger partial charge is 0.861 e. The molecule has 34 heavy (non-hydrogen) atoms. The Balaban J connectivity index is 0.00000324. The molecule has 3 aromatic rings. The molecule has 1 heterocycles. The van der Waals surface area contributed by atoms with Crippen molar-refractivity contribution in [3.05, 3.63) is 102 Å². The van der Waals surface area contributed by atoms with Gasteiger partial charge in [-0.15, -0.1) is 0 Å². The molecule has 1 fully saturated rings. The fourth-order valence-corrected chi connectivity index (χ4v) is 4.15. The SMILES string of the molecule is O=C(O)CN=C(c1ccccc1)c1ccccc1N=C([O-])[C@@H]1CCCN1Cc1ccccc1.[Ni]. The fourth-order valence-electron chi connectivity index (χ4n) is 4.15. The van der Waals surface area contributed by atoms with Crippen LogP contribution >= 0.6 is 0 Å². The quantitative estimate of drug-likeness (QED) is 0.291. The normalized spacial score (nSPS) is 16.8. The number of hydrogen-bond acceptors (Lipinski definition) is 5. The number of likely N-dealkylation sites (tertiary alicyclic amines) is 1. The van der Waals surface area contributed by atoms with E-state index in [4.69, 9.17) is 0 Å². The molecule has 1 aliphatic rings. The van der Waals surface area contributed by atoms with Gasteiger partial charge in [-0.05, 0) is 36.9 Å². The van der Waals surface area contributed by atoms with E-state index in [9.17, 15) is 15.0 Å². The van der Waals surface area contributed by atoms with Crippen LogP contribution in [0.5, 0.6) is 0 Å². The Labute approximate surface area is 209 Å². The maximum atomic E-state index is 13.3. The summed E-state index contributed by atoms with van der Waals surface area (Å²) in [5.74, 6) is -1.20. The van der Waals surface area contributed by atoms with E-state index in [1.165, 1.54) is 5.56 Å². The summed E-state index contributed by atoms with van der Waals surface area (Å²) in [6.07, 6.45) is 1.73. The number of rotatable bonds is 8. The first kappa shape index (κ1) is 25.3. The first-order valence-electron chi connectivity index (χ1n) is 11.1. The maximum absolute atomic E-state index is 13.3. The molecular weight excluding hydrogens is 473 g/mol. The monoisotopic (exact) mass is 498 g/mol. The van der Waals surface area contributed by atoms with E-state index in [-0.39, 0.29) is 35.0 Å². The molecule has 1 aliphatic heterocycles. The van der Waals surface area contributed by atoms with Crippen molar-refractivity contribution in [2.75, 3.05) is 13.1 Å². The van der Waals surface area contributed by atoms with Crippen LogP contribution in [0.4, 0.5) is 5.69 Å². The minimum atomic E-state index is -1.02. The summed E-state index contributed by atoms with van der Waals surface area (Å²) >= 11 is 0. The first-order valence-corrected chi connectivity index (χ1v) is 11.1. The van der Waals surface area contributed by atoms with Crippen LogP contribution in [-0.2, 0) is 27.8 Å². The topological polar surface area (TPSA) is 88.3 Å². The van der Waals surface area contributed by atoms with Crippen LogP contribution in [-0.4, -0.2) is 46.7 Å². The van der Waals surface area contributed by atoms with Crippen molar-refractivity contribution < 1.29 is 31.5 Å². The van der Waals surface area contributed by atoms with Crippen LogP contribution in [0.1, 0.15) is 29.5 Å². The number of aliphatic carboxylic acids is 1. The van der Waals surface area contributed by atoms with E-state index in [1.807, 2.05) is 66.7 Å². The van der Waals surface area contributed by atoms with Gasteiger partial charge in [-0.1, -0.05) is 78.9 Å². The number of carboxylic acid groups (broad SMARTS) is 1. The number of benzene rings is 3. The van der Waals surface area contributed by atoms with Crippen LogP contribution < -0.4 is 5.11 Å². The van der Waals surface area contributed by atoms with Crippen molar-refractivity contribution in [1.29, 1.82) is 0 Å². The van der Waals surface area contributed by atoms with Gasteiger partial charge in [0.2, 0.25) is 0 Å². The molecule has 0 aliphatic carbocycles. The maximum Gasteiger partial charge on any atom is 0.325 e.